The zero-order valence-electron chi connectivity index (χ0n) is 20.8. The number of pyridine rings is 2. The Bertz CT molecular complexity index is 1220. The number of benzene rings is 1. The van der Waals surface area contributed by atoms with E-state index in [2.05, 4.69) is 16.9 Å². The first-order valence-electron chi connectivity index (χ1n) is 11.9. The number of aromatic nitrogens is 2. The summed E-state index contributed by atoms with van der Waals surface area (Å²) in [4.78, 5) is 23.4. The van der Waals surface area contributed by atoms with Gasteiger partial charge in [-0.15, -0.1) is 0 Å². The number of halogens is 1. The summed E-state index contributed by atoms with van der Waals surface area (Å²) in [6.45, 7) is 12.5. The molecule has 0 atom stereocenters. The molecule has 0 unspecified atom stereocenters. The molecule has 0 fully saturated rings. The fraction of sp³-hybridized carbons (Fsp3) is 0.321. The van der Waals surface area contributed by atoms with E-state index in [0.717, 1.165) is 46.3 Å². The Labute approximate surface area is 212 Å². The highest BCUT2D eigenvalue weighted by Crippen LogP contribution is 2.33. The first kappa shape index (κ1) is 26.2. The number of aryl methyl sites for hydroxylation is 1. The average Bonchev–Trinajstić information content (AvgIpc) is 2.85. The summed E-state index contributed by atoms with van der Waals surface area (Å²) < 4.78 is 6.26. The third-order valence-electron chi connectivity index (χ3n) is 5.97. The number of fused-ring (bicyclic) bond motifs is 1. The van der Waals surface area contributed by atoms with Crippen molar-refractivity contribution < 1.29 is 9.53 Å². The van der Waals surface area contributed by atoms with Gasteiger partial charge < -0.3 is 15.0 Å². The molecule has 7 heteroatoms. The minimum Gasteiger partial charge on any atom is -0.487 e. The molecule has 35 heavy (non-hydrogen) atoms. The number of carbonyl (C=O) groups is 1. The van der Waals surface area contributed by atoms with E-state index >= 15 is 0 Å². The molecule has 1 N–H and O–H groups in total. The Morgan fingerprint density at radius 1 is 1.29 bits per heavy atom. The fourth-order valence-electron chi connectivity index (χ4n) is 4.01. The minimum atomic E-state index is -0.00118. The molecule has 2 heterocycles. The van der Waals surface area contributed by atoms with Crippen molar-refractivity contribution in [3.63, 3.8) is 0 Å². The second kappa shape index (κ2) is 12.4. The average molecular weight is 493 g/mol. The predicted octanol–water partition coefficient (Wildman–Crippen LogP) is 6.71. The van der Waals surface area contributed by atoms with E-state index in [1.807, 2.05) is 69.1 Å². The lowest BCUT2D eigenvalue weighted by molar-refractivity contribution is -0.125. The van der Waals surface area contributed by atoms with Crippen LogP contribution in [0.25, 0.3) is 10.9 Å². The largest absolute Gasteiger partial charge is 0.487 e. The lowest BCUT2D eigenvalue weighted by atomic mass is 10.0. The monoisotopic (exact) mass is 492 g/mol. The van der Waals surface area contributed by atoms with Crippen molar-refractivity contribution in [2.45, 2.75) is 53.7 Å². The molecule has 3 aromatic rings. The molecular weight excluding hydrogens is 460 g/mol. The fourth-order valence-corrected chi connectivity index (χ4v) is 4.24. The first-order valence-corrected chi connectivity index (χ1v) is 12.3. The van der Waals surface area contributed by atoms with Crippen molar-refractivity contribution in [1.82, 2.24) is 15.3 Å². The van der Waals surface area contributed by atoms with E-state index < -0.39 is 0 Å². The number of para-hydroxylation sites is 1. The summed E-state index contributed by atoms with van der Waals surface area (Å²) in [5.41, 5.74) is 4.21. The Balaban J connectivity index is 1.89. The van der Waals surface area contributed by atoms with Crippen LogP contribution in [-0.2, 0) is 17.9 Å². The standard InChI is InChI=1S/C28H33ClN4O2/c1-6-13-33(9-4)25-14-19(5)32-27-22(25)11-10-12-26(27)35-18-23-21(15-30-17-24(23)29)16-31-28(34)20(7-2)8-3/h6,9-15,17,20H,4,7-8,16,18H2,1-3,5H3,(H,31,34)/b13-6-. The topological polar surface area (TPSA) is 67.3 Å². The van der Waals surface area contributed by atoms with Gasteiger partial charge in [0, 0.05) is 53.9 Å². The second-order valence-electron chi connectivity index (χ2n) is 8.29. The van der Waals surface area contributed by atoms with Crippen LogP contribution >= 0.6 is 11.6 Å². The quantitative estimate of drug-likeness (QED) is 0.322. The number of carbonyl (C=O) groups excluding carboxylic acids is 1. The van der Waals surface area contributed by atoms with Crippen LogP contribution in [-0.4, -0.2) is 15.9 Å². The highest BCUT2D eigenvalue weighted by atomic mass is 35.5. The molecule has 0 aliphatic heterocycles. The van der Waals surface area contributed by atoms with Gasteiger partial charge in [0.25, 0.3) is 0 Å². The molecule has 2 aromatic heterocycles. The molecule has 0 aliphatic rings. The number of hydrogen-bond donors (Lipinski definition) is 1. The maximum absolute atomic E-state index is 12.5. The van der Waals surface area contributed by atoms with Gasteiger partial charge >= 0.3 is 0 Å². The Kier molecular flexibility index (Phi) is 9.26. The number of ether oxygens (including phenoxy) is 1. The van der Waals surface area contributed by atoms with Crippen LogP contribution < -0.4 is 15.0 Å². The smallest absolute Gasteiger partial charge is 0.223 e. The van der Waals surface area contributed by atoms with Gasteiger partial charge in [-0.05, 0) is 44.4 Å². The summed E-state index contributed by atoms with van der Waals surface area (Å²) in [6.07, 6.45) is 10.6. The van der Waals surface area contributed by atoms with Crippen LogP contribution in [0.15, 0.2) is 61.7 Å². The van der Waals surface area contributed by atoms with Crippen molar-refractivity contribution in [3.05, 3.63) is 83.6 Å². The van der Waals surface area contributed by atoms with Crippen LogP contribution in [0.2, 0.25) is 5.02 Å². The summed E-state index contributed by atoms with van der Waals surface area (Å²) in [7, 11) is 0. The van der Waals surface area contributed by atoms with Gasteiger partial charge in [0.15, 0.2) is 0 Å². The molecule has 0 aliphatic carbocycles. The van der Waals surface area contributed by atoms with Crippen LogP contribution in [0.5, 0.6) is 5.75 Å². The van der Waals surface area contributed by atoms with E-state index in [1.165, 1.54) is 0 Å². The third-order valence-corrected chi connectivity index (χ3v) is 6.29. The van der Waals surface area contributed by atoms with Crippen molar-refractivity contribution in [2.75, 3.05) is 4.90 Å². The number of rotatable bonds is 11. The van der Waals surface area contributed by atoms with Crippen LogP contribution in [0.3, 0.4) is 0 Å². The molecule has 3 rings (SSSR count). The number of nitrogens with one attached hydrogen (secondary N) is 1. The van der Waals surface area contributed by atoms with Crippen molar-refractivity contribution in [2.24, 2.45) is 5.92 Å². The van der Waals surface area contributed by atoms with Gasteiger partial charge in [-0.3, -0.25) is 9.78 Å². The predicted molar refractivity (Wildman–Crippen MR) is 143 cm³/mol. The Morgan fingerprint density at radius 3 is 2.74 bits per heavy atom. The number of allylic oxidation sites excluding steroid dienone is 1. The number of amides is 1. The number of anilines is 1. The van der Waals surface area contributed by atoms with Gasteiger partial charge in [0.1, 0.15) is 17.9 Å². The van der Waals surface area contributed by atoms with E-state index in [1.54, 1.807) is 18.6 Å². The van der Waals surface area contributed by atoms with Crippen molar-refractivity contribution in [1.29, 1.82) is 0 Å². The lowest BCUT2D eigenvalue weighted by Crippen LogP contribution is -2.30. The van der Waals surface area contributed by atoms with Gasteiger partial charge in [0.2, 0.25) is 5.91 Å². The Morgan fingerprint density at radius 2 is 2.06 bits per heavy atom. The van der Waals surface area contributed by atoms with Crippen molar-refractivity contribution in [3.8, 4) is 5.75 Å². The summed E-state index contributed by atoms with van der Waals surface area (Å²) in [6, 6.07) is 7.88. The molecule has 0 spiro atoms. The van der Waals surface area contributed by atoms with Crippen LogP contribution in [0, 0.1) is 12.8 Å². The van der Waals surface area contributed by atoms with E-state index in [-0.39, 0.29) is 18.4 Å². The molecule has 6 nitrogen and oxygen atoms in total. The molecule has 1 aromatic carbocycles. The van der Waals surface area contributed by atoms with Crippen molar-refractivity contribution >= 4 is 34.1 Å². The van der Waals surface area contributed by atoms with Gasteiger partial charge in [-0.25, -0.2) is 4.98 Å². The van der Waals surface area contributed by atoms with Gasteiger partial charge in [-0.1, -0.05) is 50.2 Å². The normalized spacial score (nSPS) is 11.3. The third kappa shape index (κ3) is 6.20. The summed E-state index contributed by atoms with van der Waals surface area (Å²) >= 11 is 6.50. The molecular formula is C28H33ClN4O2. The SMILES string of the molecule is C=CN(/C=C\C)c1cc(C)nc2c(OCc3c(Cl)cncc3CNC(=O)C(CC)CC)cccc12. The number of hydrogen-bond acceptors (Lipinski definition) is 5. The molecule has 1 amide bonds. The second-order valence-corrected chi connectivity index (χ2v) is 8.69. The molecule has 0 bridgehead atoms. The zero-order chi connectivity index (χ0) is 25.4. The highest BCUT2D eigenvalue weighted by Gasteiger charge is 2.17. The maximum Gasteiger partial charge on any atom is 0.223 e. The molecule has 184 valence electrons. The Hall–Kier alpha value is -3.38. The van der Waals surface area contributed by atoms with E-state index in [4.69, 9.17) is 21.3 Å². The molecule has 0 saturated carbocycles. The maximum atomic E-state index is 12.5. The van der Waals surface area contributed by atoms with Crippen LogP contribution in [0.1, 0.15) is 50.4 Å². The highest BCUT2D eigenvalue weighted by molar-refractivity contribution is 6.31. The minimum absolute atomic E-state index is 0.00118. The first-order chi connectivity index (χ1) is 16.9. The zero-order valence-corrected chi connectivity index (χ0v) is 21.6. The van der Waals surface area contributed by atoms with Gasteiger partial charge in [-0.2, -0.15) is 0 Å². The lowest BCUT2D eigenvalue weighted by Gasteiger charge is -2.20. The number of nitrogens with zero attached hydrogens (tertiary/aromatic N) is 3. The van der Waals surface area contributed by atoms with E-state index in [9.17, 15) is 4.79 Å². The summed E-state index contributed by atoms with van der Waals surface area (Å²) in [5, 5.41) is 4.46. The van der Waals surface area contributed by atoms with E-state index in [0.29, 0.717) is 17.3 Å². The molecule has 0 saturated heterocycles. The molecule has 0 radical (unpaired) electrons. The van der Waals surface area contributed by atoms with Gasteiger partial charge in [0.05, 0.1) is 10.7 Å². The summed E-state index contributed by atoms with van der Waals surface area (Å²) in [5.74, 6) is 0.687. The van der Waals surface area contributed by atoms with Crippen LogP contribution in [0.4, 0.5) is 5.69 Å².